The normalized spacial score (nSPS) is 26.9. The van der Waals surface area contributed by atoms with Crippen LogP contribution in [0.1, 0.15) is 19.8 Å². The van der Waals surface area contributed by atoms with Gasteiger partial charge in [-0.05, 0) is 26.8 Å². The van der Waals surface area contributed by atoms with Crippen molar-refractivity contribution in [3.05, 3.63) is 0 Å². The topological polar surface area (TPSA) is 74.9 Å². The number of ether oxygens (including phenoxy) is 1. The SMILES string of the molecule is COCCN=C(NN)NC1CCN(C)C(C)C1. The third kappa shape index (κ3) is 4.89. The molecule has 1 saturated heterocycles. The van der Waals surface area contributed by atoms with Crippen molar-refractivity contribution >= 4 is 5.96 Å². The molecule has 1 heterocycles. The summed E-state index contributed by atoms with van der Waals surface area (Å²) < 4.78 is 4.95. The lowest BCUT2D eigenvalue weighted by molar-refractivity contribution is 0.176. The quantitative estimate of drug-likeness (QED) is 0.204. The van der Waals surface area contributed by atoms with Crippen molar-refractivity contribution in [2.75, 3.05) is 33.9 Å². The summed E-state index contributed by atoms with van der Waals surface area (Å²) in [5.74, 6) is 6.10. The van der Waals surface area contributed by atoms with Crippen molar-refractivity contribution in [1.29, 1.82) is 0 Å². The van der Waals surface area contributed by atoms with Crippen LogP contribution in [0.2, 0.25) is 0 Å². The van der Waals surface area contributed by atoms with E-state index >= 15 is 0 Å². The van der Waals surface area contributed by atoms with Crippen LogP contribution in [-0.4, -0.2) is 56.8 Å². The van der Waals surface area contributed by atoms with E-state index in [1.165, 1.54) is 0 Å². The number of likely N-dealkylation sites (tertiary alicyclic amines) is 1. The van der Waals surface area contributed by atoms with Crippen LogP contribution in [0.15, 0.2) is 4.99 Å². The molecule has 0 aromatic rings. The molecule has 0 radical (unpaired) electrons. The summed E-state index contributed by atoms with van der Waals surface area (Å²) in [4.78, 5) is 6.67. The monoisotopic (exact) mass is 243 g/mol. The van der Waals surface area contributed by atoms with Crippen LogP contribution in [0, 0.1) is 0 Å². The van der Waals surface area contributed by atoms with Gasteiger partial charge in [0.05, 0.1) is 13.2 Å². The summed E-state index contributed by atoms with van der Waals surface area (Å²) in [6.07, 6.45) is 2.23. The third-order valence-electron chi connectivity index (χ3n) is 3.25. The molecule has 17 heavy (non-hydrogen) atoms. The van der Waals surface area contributed by atoms with Gasteiger partial charge in [-0.25, -0.2) is 10.8 Å². The summed E-state index contributed by atoms with van der Waals surface area (Å²) in [5, 5.41) is 3.35. The fourth-order valence-corrected chi connectivity index (χ4v) is 2.00. The number of nitrogens with zero attached hydrogens (tertiary/aromatic N) is 2. The maximum absolute atomic E-state index is 5.44. The van der Waals surface area contributed by atoms with E-state index in [1.807, 2.05) is 0 Å². The second kappa shape index (κ2) is 7.47. The first-order chi connectivity index (χ1) is 8.17. The maximum atomic E-state index is 5.44. The highest BCUT2D eigenvalue weighted by Gasteiger charge is 2.23. The first-order valence-corrected chi connectivity index (χ1v) is 6.14. The minimum atomic E-state index is 0.443. The largest absolute Gasteiger partial charge is 0.383 e. The zero-order valence-electron chi connectivity index (χ0n) is 11.1. The van der Waals surface area contributed by atoms with E-state index in [-0.39, 0.29) is 0 Å². The first kappa shape index (κ1) is 14.2. The lowest BCUT2D eigenvalue weighted by Crippen LogP contribution is -2.52. The zero-order chi connectivity index (χ0) is 12.7. The van der Waals surface area contributed by atoms with E-state index in [0.717, 1.165) is 19.4 Å². The fourth-order valence-electron chi connectivity index (χ4n) is 2.00. The molecule has 2 atom stereocenters. The molecule has 6 nitrogen and oxygen atoms in total. The Bertz CT molecular complexity index is 246. The van der Waals surface area contributed by atoms with Crippen LogP contribution in [-0.2, 0) is 4.74 Å². The second-order valence-corrected chi connectivity index (χ2v) is 4.56. The number of hydrazine groups is 1. The van der Waals surface area contributed by atoms with Gasteiger partial charge in [0.1, 0.15) is 0 Å². The molecule has 0 amide bonds. The molecule has 1 rings (SSSR count). The van der Waals surface area contributed by atoms with Crippen LogP contribution in [0.3, 0.4) is 0 Å². The molecule has 1 aliphatic rings. The molecule has 0 saturated carbocycles. The Hall–Kier alpha value is -0.850. The lowest BCUT2D eigenvalue weighted by atomic mass is 9.99. The predicted molar refractivity (Wildman–Crippen MR) is 69.8 cm³/mol. The highest BCUT2D eigenvalue weighted by atomic mass is 16.5. The van der Waals surface area contributed by atoms with Crippen LogP contribution in [0.25, 0.3) is 0 Å². The van der Waals surface area contributed by atoms with Crippen molar-refractivity contribution in [3.8, 4) is 0 Å². The van der Waals surface area contributed by atoms with E-state index in [9.17, 15) is 0 Å². The summed E-state index contributed by atoms with van der Waals surface area (Å²) in [7, 11) is 3.83. The van der Waals surface area contributed by atoms with Crippen molar-refractivity contribution in [2.24, 2.45) is 10.8 Å². The molecular formula is C11H25N5O. The molecule has 0 aromatic carbocycles. The molecule has 0 bridgehead atoms. The van der Waals surface area contributed by atoms with Gasteiger partial charge in [0, 0.05) is 25.7 Å². The first-order valence-electron chi connectivity index (χ1n) is 6.14. The van der Waals surface area contributed by atoms with Gasteiger partial charge in [0.25, 0.3) is 0 Å². The molecule has 2 unspecified atom stereocenters. The number of aliphatic imine (C=N–C) groups is 1. The molecule has 1 aliphatic heterocycles. The number of guanidine groups is 1. The molecule has 1 fully saturated rings. The van der Waals surface area contributed by atoms with E-state index < -0.39 is 0 Å². The highest BCUT2D eigenvalue weighted by Crippen LogP contribution is 2.14. The van der Waals surface area contributed by atoms with Crippen LogP contribution < -0.4 is 16.6 Å². The maximum Gasteiger partial charge on any atom is 0.206 e. The van der Waals surface area contributed by atoms with Gasteiger partial charge < -0.3 is 15.0 Å². The molecule has 0 spiro atoms. The average Bonchev–Trinajstić information content (AvgIpc) is 2.32. The number of hydrogen-bond acceptors (Lipinski definition) is 4. The predicted octanol–water partition coefficient (Wildman–Crippen LogP) is -0.476. The van der Waals surface area contributed by atoms with Gasteiger partial charge in [-0.1, -0.05) is 0 Å². The zero-order valence-corrected chi connectivity index (χ0v) is 11.1. The van der Waals surface area contributed by atoms with Gasteiger partial charge in [0.2, 0.25) is 5.96 Å². The van der Waals surface area contributed by atoms with Gasteiger partial charge in [-0.2, -0.15) is 0 Å². The highest BCUT2D eigenvalue weighted by molar-refractivity contribution is 5.79. The number of rotatable bonds is 4. The molecule has 6 heteroatoms. The van der Waals surface area contributed by atoms with Gasteiger partial charge in [0.15, 0.2) is 0 Å². The summed E-state index contributed by atoms with van der Waals surface area (Å²) >= 11 is 0. The molecular weight excluding hydrogens is 218 g/mol. The summed E-state index contributed by atoms with van der Waals surface area (Å²) in [6.45, 7) is 4.57. The van der Waals surface area contributed by atoms with E-state index in [0.29, 0.717) is 31.2 Å². The fraction of sp³-hybridized carbons (Fsp3) is 0.909. The molecule has 0 aliphatic carbocycles. The third-order valence-corrected chi connectivity index (χ3v) is 3.25. The number of nitrogens with one attached hydrogen (secondary N) is 2. The van der Waals surface area contributed by atoms with E-state index in [1.54, 1.807) is 7.11 Å². The Morgan fingerprint density at radius 2 is 2.35 bits per heavy atom. The Balaban J connectivity index is 2.37. The number of piperidine rings is 1. The minimum Gasteiger partial charge on any atom is -0.383 e. The van der Waals surface area contributed by atoms with Gasteiger partial charge in [-0.15, -0.1) is 0 Å². The minimum absolute atomic E-state index is 0.443. The average molecular weight is 243 g/mol. The van der Waals surface area contributed by atoms with E-state index in [4.69, 9.17) is 10.6 Å². The molecule has 4 N–H and O–H groups in total. The Morgan fingerprint density at radius 1 is 1.59 bits per heavy atom. The Labute approximate surface area is 104 Å². The molecule has 100 valence electrons. The Kier molecular flexibility index (Phi) is 6.25. The van der Waals surface area contributed by atoms with Crippen molar-refractivity contribution < 1.29 is 4.74 Å². The van der Waals surface area contributed by atoms with Crippen LogP contribution >= 0.6 is 0 Å². The Morgan fingerprint density at radius 3 is 2.94 bits per heavy atom. The standard InChI is InChI=1S/C11H25N5O/c1-9-8-10(4-6-16(9)2)14-11(15-12)13-5-7-17-3/h9-10H,4-8,12H2,1-3H3,(H2,13,14,15). The van der Waals surface area contributed by atoms with Crippen molar-refractivity contribution in [2.45, 2.75) is 31.8 Å². The summed E-state index contributed by atoms with van der Waals surface area (Å²) in [6, 6.07) is 1.04. The van der Waals surface area contributed by atoms with Gasteiger partial charge in [-0.3, -0.25) is 5.43 Å². The van der Waals surface area contributed by atoms with Crippen LogP contribution in [0.4, 0.5) is 0 Å². The lowest BCUT2D eigenvalue weighted by Gasteiger charge is -2.35. The summed E-state index contributed by atoms with van der Waals surface area (Å²) in [5.41, 5.74) is 2.60. The van der Waals surface area contributed by atoms with Crippen molar-refractivity contribution in [1.82, 2.24) is 15.6 Å². The van der Waals surface area contributed by atoms with Crippen LogP contribution in [0.5, 0.6) is 0 Å². The van der Waals surface area contributed by atoms with Crippen molar-refractivity contribution in [3.63, 3.8) is 0 Å². The number of hydrogen-bond donors (Lipinski definition) is 3. The molecule has 0 aromatic heterocycles. The van der Waals surface area contributed by atoms with E-state index in [2.05, 4.69) is 34.6 Å². The number of nitrogens with two attached hydrogens (primary N) is 1. The smallest absolute Gasteiger partial charge is 0.206 e. The van der Waals surface area contributed by atoms with Gasteiger partial charge >= 0.3 is 0 Å². The number of methoxy groups -OCH3 is 1. The second-order valence-electron chi connectivity index (χ2n) is 4.56.